The number of aryl methyl sites for hydroxylation is 2. The van der Waals surface area contributed by atoms with Gasteiger partial charge in [-0.1, -0.05) is 114 Å². The average molecular weight is 746 g/mol. The van der Waals surface area contributed by atoms with Crippen molar-refractivity contribution in [2.45, 2.75) is 104 Å². The Hall–Kier alpha value is -2.45. The summed E-state index contributed by atoms with van der Waals surface area (Å²) in [4.78, 5) is 0. The molecule has 0 saturated heterocycles. The van der Waals surface area contributed by atoms with Gasteiger partial charge in [-0.25, -0.2) is 12.2 Å². The quantitative estimate of drug-likeness (QED) is 0.110. The van der Waals surface area contributed by atoms with E-state index in [1.165, 1.54) is 93.9 Å². The average Bonchev–Trinajstić information content (AvgIpc) is 3.85. The van der Waals surface area contributed by atoms with Crippen LogP contribution in [0.15, 0.2) is 97.1 Å². The Balaban J connectivity index is 0.000000228. The second-order valence-electron chi connectivity index (χ2n) is 12.6. The summed E-state index contributed by atoms with van der Waals surface area (Å²) in [6, 6.07) is 46.2. The Bertz CT molecular complexity index is 1400. The van der Waals surface area contributed by atoms with Crippen molar-refractivity contribution < 1.29 is 24.2 Å². The Morgan fingerprint density at radius 2 is 1.12 bits per heavy atom. The molecule has 0 heterocycles. The number of hydrogen-bond acceptors (Lipinski definition) is 0. The monoisotopic (exact) mass is 744 g/mol. The zero-order chi connectivity index (χ0) is 35.4. The van der Waals surface area contributed by atoms with Crippen LogP contribution >= 0.6 is 0 Å². The van der Waals surface area contributed by atoms with Crippen molar-refractivity contribution in [2.24, 2.45) is 0 Å². The van der Waals surface area contributed by atoms with Crippen molar-refractivity contribution in [2.75, 3.05) is 0 Å². The maximum atomic E-state index is 3.45. The summed E-state index contributed by atoms with van der Waals surface area (Å²) in [6.07, 6.45) is 11.0. The van der Waals surface area contributed by atoms with E-state index < -0.39 is 16.1 Å². The molecular formula is C45H58Si2Zr-4. The van der Waals surface area contributed by atoms with Gasteiger partial charge in [-0.15, -0.1) is 17.5 Å². The van der Waals surface area contributed by atoms with Crippen molar-refractivity contribution in [1.82, 2.24) is 0 Å². The second-order valence-corrected chi connectivity index (χ2v) is 23.2. The van der Waals surface area contributed by atoms with E-state index >= 15 is 0 Å². The van der Waals surface area contributed by atoms with Crippen LogP contribution in [-0.4, -0.2) is 20.4 Å². The predicted octanol–water partition coefficient (Wildman–Crippen LogP) is 11.4. The van der Waals surface area contributed by atoms with E-state index in [4.69, 9.17) is 0 Å². The number of allylic oxidation sites excluding steroid dienone is 4. The summed E-state index contributed by atoms with van der Waals surface area (Å²) in [5.74, 6) is 0. The first-order chi connectivity index (χ1) is 23.3. The van der Waals surface area contributed by atoms with Crippen LogP contribution in [0.2, 0.25) is 36.3 Å². The number of fused-ring (bicyclic) bond motifs is 3. The van der Waals surface area contributed by atoms with Crippen molar-refractivity contribution >= 4 is 30.7 Å². The van der Waals surface area contributed by atoms with Crippen LogP contribution in [0.3, 0.4) is 0 Å². The first-order valence-corrected chi connectivity index (χ1v) is 24.9. The van der Waals surface area contributed by atoms with Crippen molar-refractivity contribution in [3.8, 4) is 11.1 Å². The minimum absolute atomic E-state index is 1.01. The first kappa shape index (κ1) is 41.7. The van der Waals surface area contributed by atoms with Crippen LogP contribution in [0, 0.1) is 38.1 Å². The minimum atomic E-state index is -1.11. The van der Waals surface area contributed by atoms with Crippen molar-refractivity contribution in [1.29, 1.82) is 0 Å². The van der Waals surface area contributed by atoms with E-state index in [-0.39, 0.29) is 0 Å². The van der Waals surface area contributed by atoms with Gasteiger partial charge in [-0.2, -0.15) is 101 Å². The van der Waals surface area contributed by atoms with Gasteiger partial charge in [0.05, 0.1) is 16.1 Å². The molecule has 0 N–H and O–H groups in total. The van der Waals surface area contributed by atoms with Gasteiger partial charge in [0.25, 0.3) is 0 Å². The molecule has 0 unspecified atom stereocenters. The standard InChI is InChI=1S/C15H13.2C12H19Si.C5H5.CH2.Zr/c1-10-3-5-14-12(7-10)9-13-8-11(2)4-6-15(13)14;2*1-4-13(5-2,6-3)12-10-8-7-9-11-12;1-2-4-5-3-1;;/h3-7H,9H2,1-2H3;2*8-11H,4-6H2,1-3H3;1-3H,4H2;1H2;/q4*-1;;. The van der Waals surface area contributed by atoms with Gasteiger partial charge in [-0.05, 0) is 18.9 Å². The molecule has 0 spiro atoms. The predicted molar refractivity (Wildman–Crippen MR) is 216 cm³/mol. The Kier molecular flexibility index (Phi) is 19.4. The SMILES string of the molecule is CC[Si](CC)(CC)c1cc[c-]cc1.CC[Si](CC)(CC)c1cc[c-]cc1.Cc1[c-]c2c(cc1)-c1ccc(C)cc1C2.[C-]1=CC=CC1.[CH2]=[Zr]. The Labute approximate surface area is 312 Å². The van der Waals surface area contributed by atoms with Gasteiger partial charge >= 0.3 is 28.4 Å². The zero-order valence-corrected chi connectivity index (χ0v) is 35.6. The molecule has 0 bridgehead atoms. The molecule has 4 aromatic rings. The molecule has 6 rings (SSSR count). The molecule has 0 saturated carbocycles. The molecule has 2 aliphatic carbocycles. The van der Waals surface area contributed by atoms with Crippen LogP contribution in [0.1, 0.15) is 70.2 Å². The van der Waals surface area contributed by atoms with Crippen LogP contribution in [-0.2, 0) is 30.7 Å². The number of rotatable bonds is 8. The molecule has 2 aliphatic rings. The van der Waals surface area contributed by atoms with Gasteiger partial charge in [0.15, 0.2) is 0 Å². The van der Waals surface area contributed by atoms with E-state index in [0.29, 0.717) is 0 Å². The normalized spacial score (nSPS) is 12.1. The Morgan fingerprint density at radius 3 is 1.52 bits per heavy atom. The molecule has 0 amide bonds. The van der Waals surface area contributed by atoms with Gasteiger partial charge in [0.2, 0.25) is 0 Å². The summed E-state index contributed by atoms with van der Waals surface area (Å²) in [5, 5.41) is 3.22. The summed E-state index contributed by atoms with van der Waals surface area (Å²) in [6.45, 7) is 18.3. The van der Waals surface area contributed by atoms with Crippen LogP contribution in [0.25, 0.3) is 11.1 Å². The van der Waals surface area contributed by atoms with Crippen LogP contribution < -0.4 is 10.4 Å². The third kappa shape index (κ3) is 11.6. The summed E-state index contributed by atoms with van der Waals surface area (Å²) < 4.78 is 3.34. The fourth-order valence-corrected chi connectivity index (χ4v) is 14.1. The van der Waals surface area contributed by atoms with Crippen LogP contribution in [0.4, 0.5) is 0 Å². The maximum absolute atomic E-state index is 3.45. The molecule has 0 fully saturated rings. The molecular weight excluding hydrogens is 688 g/mol. The van der Waals surface area contributed by atoms with Gasteiger partial charge < -0.3 is 0 Å². The number of hydrogen-bond donors (Lipinski definition) is 0. The first-order valence-electron chi connectivity index (χ1n) is 17.9. The van der Waals surface area contributed by atoms with E-state index in [9.17, 15) is 0 Å². The topological polar surface area (TPSA) is 0 Å². The molecule has 0 atom stereocenters. The number of benzene rings is 4. The molecule has 0 nitrogen and oxygen atoms in total. The third-order valence-electron chi connectivity index (χ3n) is 10.4. The van der Waals surface area contributed by atoms with E-state index in [0.717, 1.165) is 12.8 Å². The zero-order valence-electron chi connectivity index (χ0n) is 31.1. The summed E-state index contributed by atoms with van der Waals surface area (Å²) >= 11 is 1.30. The molecule has 0 aromatic heterocycles. The third-order valence-corrected chi connectivity index (χ3v) is 21.6. The summed E-state index contributed by atoms with van der Waals surface area (Å²) in [7, 11) is -2.23. The van der Waals surface area contributed by atoms with Gasteiger partial charge in [0, 0.05) is 0 Å². The van der Waals surface area contributed by atoms with E-state index in [2.05, 4.69) is 169 Å². The van der Waals surface area contributed by atoms with Crippen molar-refractivity contribution in [3.63, 3.8) is 0 Å². The molecule has 0 aliphatic heterocycles. The second kappa shape index (κ2) is 22.3. The fourth-order valence-electron chi connectivity index (χ4n) is 6.92. The molecule has 48 heavy (non-hydrogen) atoms. The Morgan fingerprint density at radius 1 is 0.646 bits per heavy atom. The van der Waals surface area contributed by atoms with Crippen molar-refractivity contribution in [3.05, 3.63) is 144 Å². The van der Waals surface area contributed by atoms with Gasteiger partial charge in [-0.3, -0.25) is 6.08 Å². The van der Waals surface area contributed by atoms with E-state index in [1.807, 2.05) is 12.2 Å². The fraction of sp³-hybridized carbons (Fsp3) is 0.356. The molecule has 4 aromatic carbocycles. The molecule has 3 heteroatoms. The molecule has 254 valence electrons. The van der Waals surface area contributed by atoms with Crippen LogP contribution in [0.5, 0.6) is 0 Å². The van der Waals surface area contributed by atoms with E-state index in [1.54, 1.807) is 10.4 Å². The summed E-state index contributed by atoms with van der Waals surface area (Å²) in [5.41, 5.74) is 8.15. The molecule has 0 radical (unpaired) electrons. The van der Waals surface area contributed by atoms with Gasteiger partial charge in [0.1, 0.15) is 0 Å².